The van der Waals surface area contributed by atoms with Gasteiger partial charge in [0.1, 0.15) is 0 Å². The van der Waals surface area contributed by atoms with Crippen LogP contribution < -0.4 is 0 Å². The second-order valence-electron chi connectivity index (χ2n) is 1.89. The summed E-state index contributed by atoms with van der Waals surface area (Å²) < 4.78 is 0. The first-order chi connectivity index (χ1) is 4.34. The van der Waals surface area contributed by atoms with Crippen LogP contribution in [0.3, 0.4) is 0 Å². The molecular formula is C7H8ClO-. The van der Waals surface area contributed by atoms with Gasteiger partial charge < -0.3 is 5.11 Å². The molecule has 1 aromatic rings. The Balaban J connectivity index is 2.65. The summed E-state index contributed by atoms with van der Waals surface area (Å²) >= 11 is 5.39. The molecule has 0 heterocycles. The van der Waals surface area contributed by atoms with Crippen molar-refractivity contribution >= 4 is 11.6 Å². The summed E-state index contributed by atoms with van der Waals surface area (Å²) in [7, 11) is 0. The molecule has 0 amide bonds. The second kappa shape index (κ2) is 2.95. The van der Waals surface area contributed by atoms with Gasteiger partial charge in [-0.2, -0.15) is 12.1 Å². The summed E-state index contributed by atoms with van der Waals surface area (Å²) in [5.74, 6) is 0.268. The topological polar surface area (TPSA) is 20.2 Å². The molecule has 0 saturated carbocycles. The lowest BCUT2D eigenvalue weighted by atomic mass is 10.2. The van der Waals surface area contributed by atoms with E-state index >= 15 is 0 Å². The minimum absolute atomic E-state index is 0.268. The van der Waals surface area contributed by atoms with Gasteiger partial charge >= 0.3 is 0 Å². The SMILES string of the molecule is O[C@H](CCl)c1ccc[cH-]1. The Morgan fingerprint density at radius 1 is 1.78 bits per heavy atom. The fourth-order valence-electron chi connectivity index (χ4n) is 0.700. The third-order valence-electron chi connectivity index (χ3n) is 1.22. The van der Waals surface area contributed by atoms with Gasteiger partial charge in [-0.05, 0) is 0 Å². The molecule has 1 rings (SSSR count). The molecule has 0 aromatic heterocycles. The lowest BCUT2D eigenvalue weighted by Crippen LogP contribution is -1.95. The van der Waals surface area contributed by atoms with Crippen LogP contribution in [0, 0.1) is 0 Å². The first-order valence-electron chi connectivity index (χ1n) is 2.80. The van der Waals surface area contributed by atoms with E-state index in [4.69, 9.17) is 16.7 Å². The van der Waals surface area contributed by atoms with Gasteiger partial charge in [-0.3, -0.25) is 0 Å². The average molecular weight is 144 g/mol. The van der Waals surface area contributed by atoms with E-state index in [2.05, 4.69) is 0 Å². The van der Waals surface area contributed by atoms with E-state index in [-0.39, 0.29) is 5.88 Å². The van der Waals surface area contributed by atoms with Crippen molar-refractivity contribution in [3.63, 3.8) is 0 Å². The van der Waals surface area contributed by atoms with Gasteiger partial charge in [0.15, 0.2) is 0 Å². The minimum atomic E-state index is -0.498. The number of halogens is 1. The van der Waals surface area contributed by atoms with Crippen molar-refractivity contribution in [2.24, 2.45) is 0 Å². The third kappa shape index (κ3) is 1.50. The summed E-state index contributed by atoms with van der Waals surface area (Å²) in [5, 5.41) is 9.09. The quantitative estimate of drug-likeness (QED) is 0.493. The highest BCUT2D eigenvalue weighted by Crippen LogP contribution is 2.13. The van der Waals surface area contributed by atoms with Crippen LogP contribution in [0.2, 0.25) is 0 Å². The van der Waals surface area contributed by atoms with Gasteiger partial charge in [0.05, 0.1) is 12.0 Å². The molecule has 0 aliphatic rings. The van der Waals surface area contributed by atoms with Crippen LogP contribution in [-0.2, 0) is 0 Å². The van der Waals surface area contributed by atoms with Crippen LogP contribution in [0.4, 0.5) is 0 Å². The monoisotopic (exact) mass is 143 g/mol. The van der Waals surface area contributed by atoms with E-state index < -0.39 is 6.10 Å². The molecule has 0 bridgehead atoms. The highest BCUT2D eigenvalue weighted by Gasteiger charge is 1.97. The molecule has 0 saturated heterocycles. The van der Waals surface area contributed by atoms with E-state index in [0.29, 0.717) is 0 Å². The molecule has 2 heteroatoms. The van der Waals surface area contributed by atoms with Crippen molar-refractivity contribution in [3.05, 3.63) is 29.8 Å². The van der Waals surface area contributed by atoms with Crippen molar-refractivity contribution in [2.45, 2.75) is 6.10 Å². The van der Waals surface area contributed by atoms with Gasteiger partial charge in [0, 0.05) is 0 Å². The Morgan fingerprint density at radius 3 is 3.00 bits per heavy atom. The molecule has 1 atom stereocenters. The fourth-order valence-corrected chi connectivity index (χ4v) is 0.878. The Hall–Kier alpha value is -0.400. The molecule has 0 radical (unpaired) electrons. The van der Waals surface area contributed by atoms with Gasteiger partial charge in [0.2, 0.25) is 0 Å². The van der Waals surface area contributed by atoms with E-state index in [1.54, 1.807) is 0 Å². The lowest BCUT2D eigenvalue weighted by Gasteiger charge is -2.06. The van der Waals surface area contributed by atoms with E-state index in [1.807, 2.05) is 24.3 Å². The zero-order valence-electron chi connectivity index (χ0n) is 4.92. The predicted octanol–water partition coefficient (Wildman–Crippen LogP) is 1.68. The van der Waals surface area contributed by atoms with Gasteiger partial charge in [-0.15, -0.1) is 17.2 Å². The van der Waals surface area contributed by atoms with Gasteiger partial charge in [-0.25, -0.2) is 12.1 Å². The molecule has 0 spiro atoms. The van der Waals surface area contributed by atoms with Crippen molar-refractivity contribution < 1.29 is 5.11 Å². The maximum atomic E-state index is 9.09. The van der Waals surface area contributed by atoms with Crippen LogP contribution in [0.5, 0.6) is 0 Å². The maximum absolute atomic E-state index is 9.09. The van der Waals surface area contributed by atoms with E-state index in [9.17, 15) is 0 Å². The van der Waals surface area contributed by atoms with Crippen molar-refractivity contribution in [3.8, 4) is 0 Å². The van der Waals surface area contributed by atoms with Crippen molar-refractivity contribution in [1.82, 2.24) is 0 Å². The molecule has 0 fully saturated rings. The summed E-state index contributed by atoms with van der Waals surface area (Å²) in [4.78, 5) is 0. The van der Waals surface area contributed by atoms with Crippen LogP contribution in [0.25, 0.3) is 0 Å². The van der Waals surface area contributed by atoms with Crippen molar-refractivity contribution in [1.29, 1.82) is 0 Å². The molecule has 9 heavy (non-hydrogen) atoms. The Labute approximate surface area is 59.2 Å². The molecule has 50 valence electrons. The average Bonchev–Trinajstić information content (AvgIpc) is 2.37. The number of aliphatic hydroxyl groups is 1. The van der Waals surface area contributed by atoms with E-state index in [0.717, 1.165) is 5.56 Å². The molecule has 1 nitrogen and oxygen atoms in total. The Bertz CT molecular complexity index is 157. The smallest absolute Gasteiger partial charge is 0.0697 e. The number of hydrogen-bond acceptors (Lipinski definition) is 1. The zero-order valence-corrected chi connectivity index (χ0v) is 5.67. The predicted molar refractivity (Wildman–Crippen MR) is 37.7 cm³/mol. The summed E-state index contributed by atoms with van der Waals surface area (Å²) in [6, 6.07) is 7.47. The highest BCUT2D eigenvalue weighted by molar-refractivity contribution is 6.18. The number of hydrogen-bond donors (Lipinski definition) is 1. The number of rotatable bonds is 2. The number of alkyl halides is 1. The third-order valence-corrected chi connectivity index (χ3v) is 1.51. The highest BCUT2D eigenvalue weighted by atomic mass is 35.5. The van der Waals surface area contributed by atoms with Crippen LogP contribution in [0.15, 0.2) is 24.3 Å². The molecular weight excluding hydrogens is 136 g/mol. The Kier molecular flexibility index (Phi) is 2.20. The summed E-state index contributed by atoms with van der Waals surface area (Å²) in [6.45, 7) is 0. The maximum Gasteiger partial charge on any atom is 0.0697 e. The molecule has 0 unspecified atom stereocenters. The molecule has 1 aromatic carbocycles. The first-order valence-corrected chi connectivity index (χ1v) is 3.33. The Morgan fingerprint density at radius 2 is 2.56 bits per heavy atom. The normalized spacial score (nSPS) is 13.6. The molecule has 0 aliphatic carbocycles. The summed E-state index contributed by atoms with van der Waals surface area (Å²) in [5.41, 5.74) is 0.894. The first kappa shape index (κ1) is 6.72. The zero-order chi connectivity index (χ0) is 6.69. The van der Waals surface area contributed by atoms with Gasteiger partial charge in [0.25, 0.3) is 0 Å². The van der Waals surface area contributed by atoms with Crippen molar-refractivity contribution in [2.75, 3.05) is 5.88 Å². The van der Waals surface area contributed by atoms with Crippen LogP contribution in [-0.4, -0.2) is 11.0 Å². The largest absolute Gasteiger partial charge is 0.389 e. The van der Waals surface area contributed by atoms with Crippen LogP contribution in [0.1, 0.15) is 11.7 Å². The summed E-state index contributed by atoms with van der Waals surface area (Å²) in [6.07, 6.45) is -0.498. The van der Waals surface area contributed by atoms with Gasteiger partial charge in [-0.1, -0.05) is 0 Å². The molecule has 1 N–H and O–H groups in total. The minimum Gasteiger partial charge on any atom is -0.389 e. The number of aliphatic hydroxyl groups excluding tert-OH is 1. The lowest BCUT2D eigenvalue weighted by molar-refractivity contribution is 0.203. The fraction of sp³-hybridized carbons (Fsp3) is 0.286. The molecule has 0 aliphatic heterocycles. The van der Waals surface area contributed by atoms with Crippen LogP contribution >= 0.6 is 11.6 Å². The second-order valence-corrected chi connectivity index (χ2v) is 2.20. The van der Waals surface area contributed by atoms with E-state index in [1.165, 1.54) is 0 Å². The standard InChI is InChI=1S/C7H8ClO/c8-5-7(9)6-3-1-2-4-6/h1-4,7,9H,5H2/q-1/t7-/m1/s1.